The summed E-state index contributed by atoms with van der Waals surface area (Å²) in [5.74, 6) is 0.357. The topological polar surface area (TPSA) is 113 Å². The Kier molecular flexibility index (Phi) is 6.75. The number of hydrogen-bond acceptors (Lipinski definition) is 6. The van der Waals surface area contributed by atoms with Gasteiger partial charge >= 0.3 is 0 Å². The summed E-state index contributed by atoms with van der Waals surface area (Å²) in [6.45, 7) is 0. The molecule has 0 bridgehead atoms. The lowest BCUT2D eigenvalue weighted by molar-refractivity contribution is 0.0998. The average Bonchev–Trinajstić information content (AvgIpc) is 2.86. The van der Waals surface area contributed by atoms with Crippen LogP contribution in [0.3, 0.4) is 0 Å². The molecule has 9 heteroatoms. The Morgan fingerprint density at radius 3 is 2.17 bits per heavy atom. The van der Waals surface area contributed by atoms with E-state index in [1.54, 1.807) is 24.3 Å². The van der Waals surface area contributed by atoms with Crippen LogP contribution in [0.1, 0.15) is 20.7 Å². The number of nitrogens with zero attached hydrogens (tertiary/aromatic N) is 1. The fourth-order valence-electron chi connectivity index (χ4n) is 3.73. The van der Waals surface area contributed by atoms with E-state index in [0.717, 1.165) is 0 Å². The summed E-state index contributed by atoms with van der Waals surface area (Å²) in [6, 6.07) is 17.0. The monoisotopic (exact) mass is 491 g/mol. The maximum absolute atomic E-state index is 13.3. The van der Waals surface area contributed by atoms with Crippen LogP contribution in [0.25, 0.3) is 22.2 Å². The van der Waals surface area contributed by atoms with Gasteiger partial charge in [0.1, 0.15) is 0 Å². The summed E-state index contributed by atoms with van der Waals surface area (Å²) in [7, 11) is 4.59. The van der Waals surface area contributed by atoms with Gasteiger partial charge in [-0.25, -0.2) is 4.98 Å². The standard InChI is InChI=1S/C26H22ClN3O5/c1-33-22-10-14(11-23(34-2)24(22)35-3)21-13-18(16-6-4-5-7-20(16)30-21)26(32)29-15-8-9-17(25(28)31)19(27)12-15/h4-13H,1-3H3,(H2,28,31)(H,29,32). The Balaban J connectivity index is 1.81. The number of halogens is 1. The number of anilines is 1. The number of aromatic nitrogens is 1. The first-order valence-corrected chi connectivity index (χ1v) is 10.8. The summed E-state index contributed by atoms with van der Waals surface area (Å²) >= 11 is 6.14. The number of amides is 2. The number of nitrogens with one attached hydrogen (secondary N) is 1. The Morgan fingerprint density at radius 2 is 1.57 bits per heavy atom. The minimum absolute atomic E-state index is 0.146. The number of para-hydroxylation sites is 1. The zero-order chi connectivity index (χ0) is 25.1. The van der Waals surface area contributed by atoms with Crippen molar-refractivity contribution in [1.82, 2.24) is 4.98 Å². The zero-order valence-electron chi connectivity index (χ0n) is 19.2. The van der Waals surface area contributed by atoms with Gasteiger partial charge in [0.25, 0.3) is 5.91 Å². The van der Waals surface area contributed by atoms with Gasteiger partial charge in [-0.2, -0.15) is 0 Å². The third-order valence-corrected chi connectivity index (χ3v) is 5.73. The molecule has 4 rings (SSSR count). The number of carbonyl (C=O) groups is 2. The normalized spacial score (nSPS) is 10.6. The van der Waals surface area contributed by atoms with E-state index in [4.69, 9.17) is 36.5 Å². The maximum Gasteiger partial charge on any atom is 0.256 e. The molecule has 178 valence electrons. The first-order valence-electron chi connectivity index (χ1n) is 10.5. The molecule has 3 N–H and O–H groups in total. The lowest BCUT2D eigenvalue weighted by atomic mass is 10.0. The number of carbonyl (C=O) groups excluding carboxylic acids is 2. The van der Waals surface area contributed by atoms with E-state index in [1.807, 2.05) is 24.3 Å². The van der Waals surface area contributed by atoms with Crippen molar-refractivity contribution < 1.29 is 23.8 Å². The van der Waals surface area contributed by atoms with Crippen molar-refractivity contribution in [1.29, 1.82) is 0 Å². The molecule has 0 aliphatic rings. The van der Waals surface area contributed by atoms with Crippen LogP contribution < -0.4 is 25.3 Å². The van der Waals surface area contributed by atoms with Crippen LogP contribution in [0.4, 0.5) is 5.69 Å². The third-order valence-electron chi connectivity index (χ3n) is 5.41. The van der Waals surface area contributed by atoms with Crippen LogP contribution in [-0.2, 0) is 0 Å². The van der Waals surface area contributed by atoms with Gasteiger partial charge in [-0.15, -0.1) is 0 Å². The number of nitrogens with two attached hydrogens (primary N) is 1. The van der Waals surface area contributed by atoms with Gasteiger partial charge < -0.3 is 25.3 Å². The van der Waals surface area contributed by atoms with Crippen molar-refractivity contribution >= 4 is 40.0 Å². The Morgan fingerprint density at radius 1 is 0.886 bits per heavy atom. The summed E-state index contributed by atoms with van der Waals surface area (Å²) in [5, 5.41) is 3.64. The van der Waals surface area contributed by atoms with Gasteiger partial charge in [-0.1, -0.05) is 29.8 Å². The van der Waals surface area contributed by atoms with Gasteiger partial charge in [-0.3, -0.25) is 9.59 Å². The quantitative estimate of drug-likeness (QED) is 0.379. The second-order valence-electron chi connectivity index (χ2n) is 7.50. The Bertz CT molecular complexity index is 1430. The molecule has 0 aliphatic heterocycles. The highest BCUT2D eigenvalue weighted by Gasteiger charge is 2.19. The number of methoxy groups -OCH3 is 3. The van der Waals surface area contributed by atoms with Crippen LogP contribution >= 0.6 is 11.6 Å². The number of fused-ring (bicyclic) bond motifs is 1. The predicted molar refractivity (Wildman–Crippen MR) is 135 cm³/mol. The number of hydrogen-bond donors (Lipinski definition) is 2. The maximum atomic E-state index is 13.3. The van der Waals surface area contributed by atoms with Crippen molar-refractivity contribution in [2.24, 2.45) is 5.73 Å². The molecule has 0 fully saturated rings. The summed E-state index contributed by atoms with van der Waals surface area (Å²) in [6.07, 6.45) is 0. The molecule has 0 atom stereocenters. The van der Waals surface area contributed by atoms with Gasteiger partial charge in [0.05, 0.1) is 48.7 Å². The van der Waals surface area contributed by atoms with Crippen LogP contribution in [0.5, 0.6) is 17.2 Å². The largest absolute Gasteiger partial charge is 0.493 e. The highest BCUT2D eigenvalue weighted by atomic mass is 35.5. The molecule has 0 spiro atoms. The van der Waals surface area contributed by atoms with E-state index in [9.17, 15) is 9.59 Å². The van der Waals surface area contributed by atoms with E-state index in [1.165, 1.54) is 33.5 Å². The molecule has 2 amide bonds. The molecule has 0 unspecified atom stereocenters. The molecule has 3 aromatic carbocycles. The fourth-order valence-corrected chi connectivity index (χ4v) is 4.00. The highest BCUT2D eigenvalue weighted by molar-refractivity contribution is 6.34. The van der Waals surface area contributed by atoms with Gasteiger partial charge in [0, 0.05) is 16.6 Å². The van der Waals surface area contributed by atoms with E-state index in [-0.39, 0.29) is 16.5 Å². The van der Waals surface area contributed by atoms with Crippen molar-refractivity contribution in [3.63, 3.8) is 0 Å². The Hall–Kier alpha value is -4.30. The number of rotatable bonds is 7. The van der Waals surface area contributed by atoms with E-state index < -0.39 is 5.91 Å². The summed E-state index contributed by atoms with van der Waals surface area (Å²) in [4.78, 5) is 29.5. The second-order valence-corrected chi connectivity index (χ2v) is 7.91. The minimum atomic E-state index is -0.650. The molecule has 8 nitrogen and oxygen atoms in total. The highest BCUT2D eigenvalue weighted by Crippen LogP contribution is 2.41. The summed E-state index contributed by atoms with van der Waals surface area (Å²) in [5.41, 5.74) is 8.13. The van der Waals surface area contributed by atoms with Gasteiger partial charge in [-0.05, 0) is 42.5 Å². The molecular weight excluding hydrogens is 470 g/mol. The minimum Gasteiger partial charge on any atom is -0.493 e. The van der Waals surface area contributed by atoms with Crippen molar-refractivity contribution in [3.8, 4) is 28.5 Å². The van der Waals surface area contributed by atoms with Gasteiger partial charge in [0.15, 0.2) is 11.5 Å². The van der Waals surface area contributed by atoms with Crippen molar-refractivity contribution in [2.75, 3.05) is 26.6 Å². The number of benzene rings is 3. The first kappa shape index (κ1) is 23.8. The molecule has 4 aromatic rings. The van der Waals surface area contributed by atoms with Crippen molar-refractivity contribution in [3.05, 3.63) is 76.8 Å². The van der Waals surface area contributed by atoms with E-state index >= 15 is 0 Å². The molecule has 1 heterocycles. The first-order chi connectivity index (χ1) is 16.9. The van der Waals surface area contributed by atoms with Crippen LogP contribution in [0.2, 0.25) is 5.02 Å². The average molecular weight is 492 g/mol. The number of primary amides is 1. The number of ether oxygens (including phenoxy) is 3. The SMILES string of the molecule is COc1cc(-c2cc(C(=O)Nc3ccc(C(N)=O)c(Cl)c3)c3ccccc3n2)cc(OC)c1OC. The fraction of sp³-hybridized carbons (Fsp3) is 0.115. The van der Waals surface area contributed by atoms with Crippen LogP contribution in [0.15, 0.2) is 60.7 Å². The smallest absolute Gasteiger partial charge is 0.256 e. The van der Waals surface area contributed by atoms with Crippen LogP contribution in [0, 0.1) is 0 Å². The zero-order valence-corrected chi connectivity index (χ0v) is 20.0. The van der Waals surface area contributed by atoms with Crippen LogP contribution in [-0.4, -0.2) is 38.1 Å². The number of pyridine rings is 1. The molecule has 0 radical (unpaired) electrons. The van der Waals surface area contributed by atoms with Crippen molar-refractivity contribution in [2.45, 2.75) is 0 Å². The second kappa shape index (κ2) is 9.90. The molecule has 35 heavy (non-hydrogen) atoms. The predicted octanol–water partition coefficient (Wildman–Crippen LogP) is 4.93. The Labute approximate surface area is 206 Å². The molecular formula is C26H22ClN3O5. The molecule has 0 saturated carbocycles. The van der Waals surface area contributed by atoms with E-state index in [0.29, 0.717) is 50.7 Å². The molecule has 0 aliphatic carbocycles. The lowest BCUT2D eigenvalue weighted by Gasteiger charge is -2.15. The lowest BCUT2D eigenvalue weighted by Crippen LogP contribution is -2.14. The third kappa shape index (κ3) is 4.69. The van der Waals surface area contributed by atoms with Gasteiger partial charge in [0.2, 0.25) is 11.7 Å². The molecule has 1 aromatic heterocycles. The van der Waals surface area contributed by atoms with E-state index in [2.05, 4.69) is 5.32 Å². The molecule has 0 saturated heterocycles. The summed E-state index contributed by atoms with van der Waals surface area (Å²) < 4.78 is 16.3.